The number of hydrogen-bond acceptors (Lipinski definition) is 5. The number of halogens is 6. The average Bonchev–Trinajstić information content (AvgIpc) is 3.44. The van der Waals surface area contributed by atoms with Crippen molar-refractivity contribution in [2.45, 2.75) is 71.3 Å². The van der Waals surface area contributed by atoms with Crippen LogP contribution in [0.4, 0.5) is 26.7 Å². The monoisotopic (exact) mass is 750 g/mol. The van der Waals surface area contributed by atoms with Gasteiger partial charge in [0.05, 0.1) is 22.2 Å². The normalized spacial score (nSPS) is 17.2. The molecule has 1 aromatic heterocycles. The van der Waals surface area contributed by atoms with Crippen LogP contribution in [0.2, 0.25) is 5.02 Å². The molecule has 1 aliphatic carbocycles. The van der Waals surface area contributed by atoms with E-state index < -0.39 is 41.2 Å². The van der Waals surface area contributed by atoms with Gasteiger partial charge in [-0.2, -0.15) is 13.2 Å². The van der Waals surface area contributed by atoms with Gasteiger partial charge in [-0.05, 0) is 72.4 Å². The van der Waals surface area contributed by atoms with Crippen LogP contribution >= 0.6 is 22.9 Å². The number of fused-ring (bicyclic) bond motifs is 1. The van der Waals surface area contributed by atoms with Crippen LogP contribution in [0.1, 0.15) is 72.0 Å². The molecule has 7 nitrogen and oxygen atoms in total. The van der Waals surface area contributed by atoms with Gasteiger partial charge in [0, 0.05) is 29.8 Å². The highest BCUT2D eigenvalue weighted by molar-refractivity contribution is 7.21. The molecule has 0 saturated heterocycles. The second-order valence-electron chi connectivity index (χ2n) is 13.7. The molecule has 272 valence electrons. The molecule has 1 atom stereocenters. The zero-order valence-electron chi connectivity index (χ0n) is 28.2. The lowest BCUT2D eigenvalue weighted by Crippen LogP contribution is -2.50. The Morgan fingerprint density at radius 3 is 2.12 bits per heavy atom. The molecule has 1 aliphatic rings. The molecule has 0 aliphatic heterocycles. The number of carboxylic acid groups (broad SMARTS) is 1. The molecular formula is C37H36ClF5N2O5S. The maximum Gasteiger partial charge on any atom is 0.454 e. The van der Waals surface area contributed by atoms with Gasteiger partial charge in [-0.25, -0.2) is 13.6 Å². The van der Waals surface area contributed by atoms with Crippen LogP contribution < -0.4 is 10.1 Å². The van der Waals surface area contributed by atoms with Crippen LogP contribution in [0.25, 0.3) is 21.2 Å². The van der Waals surface area contributed by atoms with E-state index in [2.05, 4.69) is 5.32 Å². The van der Waals surface area contributed by atoms with Crippen LogP contribution in [0.3, 0.4) is 0 Å². The highest BCUT2D eigenvalue weighted by Crippen LogP contribution is 2.42. The van der Waals surface area contributed by atoms with Gasteiger partial charge in [-0.3, -0.25) is 9.59 Å². The minimum absolute atomic E-state index is 0.0181. The molecule has 4 aromatic rings. The summed E-state index contributed by atoms with van der Waals surface area (Å²) in [5.41, 5.74) is 0.734. The highest BCUT2D eigenvalue weighted by atomic mass is 35.5. The van der Waals surface area contributed by atoms with Crippen LogP contribution in [0.5, 0.6) is 5.75 Å². The maximum atomic E-state index is 14.8. The summed E-state index contributed by atoms with van der Waals surface area (Å²) in [4.78, 5) is 39.4. The summed E-state index contributed by atoms with van der Waals surface area (Å²) in [6.07, 6.45) is -3.99. The van der Waals surface area contributed by atoms with Crippen molar-refractivity contribution in [3.63, 3.8) is 0 Å². The summed E-state index contributed by atoms with van der Waals surface area (Å²) in [5, 5.41) is 11.8. The molecule has 0 spiro atoms. The molecule has 14 heteroatoms. The molecule has 2 N–H and O–H groups in total. The van der Waals surface area contributed by atoms with Gasteiger partial charge >= 0.3 is 12.3 Å². The van der Waals surface area contributed by atoms with Crippen molar-refractivity contribution < 1.29 is 46.2 Å². The zero-order valence-corrected chi connectivity index (χ0v) is 29.7. The van der Waals surface area contributed by atoms with E-state index in [1.807, 2.05) is 20.8 Å². The second kappa shape index (κ2) is 14.8. The second-order valence-corrected chi connectivity index (χ2v) is 15.1. The predicted octanol–water partition coefficient (Wildman–Crippen LogP) is 10.1. The number of nitrogens with zero attached hydrogens (tertiary/aromatic N) is 1. The smallest absolute Gasteiger partial charge is 0.454 e. The molecular weight excluding hydrogens is 715 g/mol. The van der Waals surface area contributed by atoms with E-state index in [0.29, 0.717) is 48.1 Å². The fourth-order valence-electron chi connectivity index (χ4n) is 6.90. The lowest BCUT2D eigenvalue weighted by Gasteiger charge is -2.43. The Morgan fingerprint density at radius 1 is 0.961 bits per heavy atom. The Kier molecular flexibility index (Phi) is 11.0. The predicted molar refractivity (Wildman–Crippen MR) is 186 cm³/mol. The summed E-state index contributed by atoms with van der Waals surface area (Å²) in [6.45, 7) is 5.84. The average molecular weight is 751 g/mol. The first-order chi connectivity index (χ1) is 23.9. The fraction of sp³-hybridized carbons (Fsp3) is 0.378. The van der Waals surface area contributed by atoms with Crippen LogP contribution in [-0.2, 0) is 6.54 Å². The number of hydrogen-bond donors (Lipinski definition) is 2. The van der Waals surface area contributed by atoms with E-state index >= 15 is 0 Å². The van der Waals surface area contributed by atoms with E-state index in [-0.39, 0.29) is 49.9 Å². The summed E-state index contributed by atoms with van der Waals surface area (Å²) in [6, 6.07) is 11.2. The third-order valence-corrected chi connectivity index (χ3v) is 11.0. The molecule has 0 bridgehead atoms. The molecule has 1 saturated carbocycles. The third kappa shape index (κ3) is 8.14. The van der Waals surface area contributed by atoms with E-state index in [4.69, 9.17) is 16.3 Å². The molecule has 1 fully saturated rings. The van der Waals surface area contributed by atoms with Crippen LogP contribution in [0, 0.1) is 23.0 Å². The molecule has 1 unspecified atom stereocenters. The molecule has 51 heavy (non-hydrogen) atoms. The van der Waals surface area contributed by atoms with Crippen molar-refractivity contribution in [2.75, 3.05) is 7.11 Å². The van der Waals surface area contributed by atoms with Gasteiger partial charge in [0.15, 0.2) is 0 Å². The van der Waals surface area contributed by atoms with Gasteiger partial charge in [-0.15, -0.1) is 11.3 Å². The van der Waals surface area contributed by atoms with Crippen molar-refractivity contribution in [1.29, 1.82) is 0 Å². The van der Waals surface area contributed by atoms with E-state index in [1.165, 1.54) is 19.2 Å². The maximum absolute atomic E-state index is 14.8. The molecule has 2 amide bonds. The summed E-state index contributed by atoms with van der Waals surface area (Å²) >= 11 is 7.33. The molecule has 3 aromatic carbocycles. The standard InChI is InChI=1S/C37H36ClF5N2O5S/c1-36(2,3)32(44-35(48)49)20-9-12-24(13-10-20)45(34(47)31-29(38)28-25(39)14-15-26(40)30(28)51-31)18-23-17-22(11-16-27(23)50-4)19-5-7-21(8-6-19)33(46)37(41,42)43/h5-8,11,14-17,20,24,32,44H,9-10,12-13,18H2,1-4H3,(H,48,49). The van der Waals surface area contributed by atoms with Gasteiger partial charge in [0.1, 0.15) is 22.3 Å². The van der Waals surface area contributed by atoms with Crippen LogP contribution in [-0.4, -0.2) is 53.2 Å². The van der Waals surface area contributed by atoms with E-state index in [0.717, 1.165) is 35.6 Å². The number of nitrogens with one attached hydrogen (secondary N) is 1. The van der Waals surface area contributed by atoms with Gasteiger partial charge in [-0.1, -0.05) is 62.7 Å². The Labute approximate surface area is 300 Å². The quantitative estimate of drug-likeness (QED) is 0.131. The number of rotatable bonds is 9. The van der Waals surface area contributed by atoms with Crippen molar-refractivity contribution in [3.8, 4) is 16.9 Å². The van der Waals surface area contributed by atoms with Crippen molar-refractivity contribution >= 4 is 50.8 Å². The fourth-order valence-corrected chi connectivity index (χ4v) is 8.40. The first-order valence-corrected chi connectivity index (χ1v) is 17.4. The van der Waals surface area contributed by atoms with Gasteiger partial charge < -0.3 is 20.1 Å². The molecule has 5 rings (SSSR count). The van der Waals surface area contributed by atoms with E-state index in [1.54, 1.807) is 23.1 Å². The number of carbonyl (C=O) groups is 3. The number of Topliss-reactive ketones (excluding diaryl/α,β-unsaturated/α-hetero) is 1. The Hall–Kier alpha value is -4.23. The number of amides is 2. The Morgan fingerprint density at radius 2 is 1.57 bits per heavy atom. The lowest BCUT2D eigenvalue weighted by molar-refractivity contribution is -0.0885. The number of alkyl halides is 3. The molecule has 1 heterocycles. The largest absolute Gasteiger partial charge is 0.496 e. The SMILES string of the molecule is COc1ccc(-c2ccc(C(=O)C(F)(F)F)cc2)cc1CN(C(=O)c1sc2c(F)ccc(F)c2c1Cl)C1CCC(C(NC(=O)O)C(C)(C)C)CC1. The van der Waals surface area contributed by atoms with Gasteiger partial charge in [0.2, 0.25) is 0 Å². The minimum atomic E-state index is -5.01. The highest BCUT2D eigenvalue weighted by Gasteiger charge is 2.40. The summed E-state index contributed by atoms with van der Waals surface area (Å²) in [5.74, 6) is -3.61. The van der Waals surface area contributed by atoms with Crippen LogP contribution in [0.15, 0.2) is 54.6 Å². The molecule has 0 radical (unpaired) electrons. The lowest BCUT2D eigenvalue weighted by atomic mass is 9.72. The Bertz CT molecular complexity index is 1950. The first-order valence-electron chi connectivity index (χ1n) is 16.2. The summed E-state index contributed by atoms with van der Waals surface area (Å²) in [7, 11) is 1.45. The van der Waals surface area contributed by atoms with Crippen molar-refractivity contribution in [3.05, 3.63) is 87.3 Å². The number of carbonyl (C=O) groups excluding carboxylic acids is 2. The third-order valence-electron chi connectivity index (χ3n) is 9.36. The number of ether oxygens (including phenoxy) is 1. The number of thiophene rings is 1. The topological polar surface area (TPSA) is 95.9 Å². The number of ketones is 1. The first kappa shape index (κ1) is 38.0. The number of methoxy groups -OCH3 is 1. The van der Waals surface area contributed by atoms with Crippen molar-refractivity contribution in [2.24, 2.45) is 11.3 Å². The Balaban J connectivity index is 1.52. The van der Waals surface area contributed by atoms with Gasteiger partial charge in [0.25, 0.3) is 11.7 Å². The summed E-state index contributed by atoms with van der Waals surface area (Å²) < 4.78 is 74.1. The minimum Gasteiger partial charge on any atom is -0.496 e. The van der Waals surface area contributed by atoms with E-state index in [9.17, 15) is 41.4 Å². The number of benzene rings is 3. The zero-order chi connectivity index (χ0) is 37.4. The van der Waals surface area contributed by atoms with Crippen molar-refractivity contribution in [1.82, 2.24) is 10.2 Å².